The zero-order valence-corrected chi connectivity index (χ0v) is 11.5. The Morgan fingerprint density at radius 2 is 1.33 bits per heavy atom. The normalized spacial score (nSPS) is 10.1. The van der Waals surface area contributed by atoms with Crippen LogP contribution in [0, 0.1) is 11.3 Å². The molecule has 0 saturated carbocycles. The fourth-order valence-corrected chi connectivity index (χ4v) is 2.11. The molecule has 0 N–H and O–H groups in total. The van der Waals surface area contributed by atoms with E-state index in [1.165, 1.54) is 0 Å². The Balaban J connectivity index is 1.89. The summed E-state index contributed by atoms with van der Waals surface area (Å²) in [5.74, 6) is 2.40. The van der Waals surface area contributed by atoms with Gasteiger partial charge in [-0.25, -0.2) is 0 Å². The van der Waals surface area contributed by atoms with E-state index in [9.17, 15) is 0 Å². The molecule has 3 heteroatoms. The van der Waals surface area contributed by atoms with Crippen molar-refractivity contribution in [2.45, 2.75) is 0 Å². The van der Waals surface area contributed by atoms with E-state index in [4.69, 9.17) is 14.4 Å². The maximum atomic E-state index is 8.81. The molecule has 0 aliphatic rings. The highest BCUT2D eigenvalue weighted by Gasteiger charge is 2.07. The van der Waals surface area contributed by atoms with Crippen LogP contribution in [0.2, 0.25) is 0 Å². The SMILES string of the molecule is COc1ccc(-c2ccc(-c3ccc(C#N)cc3)o2)cc1. The van der Waals surface area contributed by atoms with E-state index in [1.54, 1.807) is 19.2 Å². The Bertz CT molecular complexity index is 777. The minimum Gasteiger partial charge on any atom is -0.497 e. The molecule has 3 nitrogen and oxygen atoms in total. The summed E-state index contributed by atoms with van der Waals surface area (Å²) in [5.41, 5.74) is 2.59. The van der Waals surface area contributed by atoms with Crippen LogP contribution < -0.4 is 4.74 Å². The van der Waals surface area contributed by atoms with Crippen molar-refractivity contribution >= 4 is 0 Å². The van der Waals surface area contributed by atoms with Gasteiger partial charge in [0, 0.05) is 11.1 Å². The highest BCUT2D eigenvalue weighted by Crippen LogP contribution is 2.29. The van der Waals surface area contributed by atoms with Gasteiger partial charge in [0.15, 0.2) is 0 Å². The lowest BCUT2D eigenvalue weighted by atomic mass is 10.1. The van der Waals surface area contributed by atoms with Crippen LogP contribution in [0.4, 0.5) is 0 Å². The Morgan fingerprint density at radius 1 is 0.810 bits per heavy atom. The minimum absolute atomic E-state index is 0.640. The number of rotatable bonds is 3. The fraction of sp³-hybridized carbons (Fsp3) is 0.0556. The maximum absolute atomic E-state index is 8.81. The predicted octanol–water partition coefficient (Wildman–Crippen LogP) is 4.49. The van der Waals surface area contributed by atoms with Crippen molar-refractivity contribution in [2.24, 2.45) is 0 Å². The van der Waals surface area contributed by atoms with Gasteiger partial charge in [-0.1, -0.05) is 0 Å². The van der Waals surface area contributed by atoms with Gasteiger partial charge in [-0.15, -0.1) is 0 Å². The van der Waals surface area contributed by atoms with Crippen molar-refractivity contribution < 1.29 is 9.15 Å². The van der Waals surface area contributed by atoms with E-state index in [0.717, 1.165) is 28.4 Å². The molecular weight excluding hydrogens is 262 g/mol. The molecule has 0 saturated heterocycles. The highest BCUT2D eigenvalue weighted by molar-refractivity contribution is 5.65. The number of benzene rings is 2. The molecule has 0 fully saturated rings. The van der Waals surface area contributed by atoms with E-state index in [-0.39, 0.29) is 0 Å². The van der Waals surface area contributed by atoms with Crippen LogP contribution in [0.5, 0.6) is 5.75 Å². The van der Waals surface area contributed by atoms with Crippen molar-refractivity contribution in [3.63, 3.8) is 0 Å². The second kappa shape index (κ2) is 5.56. The summed E-state index contributed by atoms with van der Waals surface area (Å²) in [6, 6.07) is 21.0. The summed E-state index contributed by atoms with van der Waals surface area (Å²) in [6.45, 7) is 0. The van der Waals surface area contributed by atoms with E-state index in [2.05, 4.69) is 6.07 Å². The molecule has 0 aliphatic carbocycles. The van der Waals surface area contributed by atoms with E-state index in [1.807, 2.05) is 48.5 Å². The molecule has 0 radical (unpaired) electrons. The molecular formula is C18H13NO2. The van der Waals surface area contributed by atoms with E-state index < -0.39 is 0 Å². The highest BCUT2D eigenvalue weighted by atomic mass is 16.5. The molecule has 0 aliphatic heterocycles. The lowest BCUT2D eigenvalue weighted by Crippen LogP contribution is -1.81. The van der Waals surface area contributed by atoms with Gasteiger partial charge >= 0.3 is 0 Å². The van der Waals surface area contributed by atoms with Crippen LogP contribution in [0.25, 0.3) is 22.6 Å². The zero-order chi connectivity index (χ0) is 14.7. The van der Waals surface area contributed by atoms with Crippen LogP contribution in [0.15, 0.2) is 65.1 Å². The molecule has 0 amide bonds. The summed E-state index contributed by atoms with van der Waals surface area (Å²) in [7, 11) is 1.64. The molecule has 3 aromatic rings. The molecule has 1 heterocycles. The van der Waals surface area contributed by atoms with E-state index in [0.29, 0.717) is 5.56 Å². The molecule has 3 rings (SSSR count). The molecule has 0 spiro atoms. The second-order valence-electron chi connectivity index (χ2n) is 4.58. The predicted molar refractivity (Wildman–Crippen MR) is 80.8 cm³/mol. The molecule has 0 bridgehead atoms. The Hall–Kier alpha value is -2.99. The number of nitrogens with zero attached hydrogens (tertiary/aromatic N) is 1. The number of hydrogen-bond donors (Lipinski definition) is 0. The Kier molecular flexibility index (Phi) is 3.44. The summed E-state index contributed by atoms with van der Waals surface area (Å²) in [5, 5.41) is 8.81. The molecule has 1 aromatic heterocycles. The smallest absolute Gasteiger partial charge is 0.134 e. The Morgan fingerprint density at radius 3 is 1.81 bits per heavy atom. The van der Waals surface area contributed by atoms with Gasteiger partial charge in [0.05, 0.1) is 18.7 Å². The number of furan rings is 1. The van der Waals surface area contributed by atoms with Gasteiger partial charge in [0.2, 0.25) is 0 Å². The second-order valence-corrected chi connectivity index (χ2v) is 4.58. The monoisotopic (exact) mass is 275 g/mol. The first-order chi connectivity index (χ1) is 10.3. The maximum Gasteiger partial charge on any atom is 0.134 e. The average molecular weight is 275 g/mol. The van der Waals surface area contributed by atoms with Gasteiger partial charge < -0.3 is 9.15 Å². The van der Waals surface area contributed by atoms with Crippen molar-refractivity contribution in [2.75, 3.05) is 7.11 Å². The third-order valence-corrected chi connectivity index (χ3v) is 3.28. The topological polar surface area (TPSA) is 46.2 Å². The quantitative estimate of drug-likeness (QED) is 0.707. The van der Waals surface area contributed by atoms with E-state index >= 15 is 0 Å². The summed E-state index contributed by atoms with van der Waals surface area (Å²) >= 11 is 0. The van der Waals surface area contributed by atoms with Gasteiger partial charge in [-0.2, -0.15) is 5.26 Å². The van der Waals surface area contributed by atoms with Gasteiger partial charge in [-0.05, 0) is 60.7 Å². The molecule has 21 heavy (non-hydrogen) atoms. The van der Waals surface area contributed by atoms with Crippen LogP contribution >= 0.6 is 0 Å². The average Bonchev–Trinajstić information content (AvgIpc) is 3.05. The number of methoxy groups -OCH3 is 1. The first kappa shape index (κ1) is 13.0. The molecule has 102 valence electrons. The van der Waals surface area contributed by atoms with Crippen LogP contribution in [-0.4, -0.2) is 7.11 Å². The van der Waals surface area contributed by atoms with Crippen molar-refractivity contribution in [3.05, 3.63) is 66.2 Å². The van der Waals surface area contributed by atoms with Gasteiger partial charge in [0.1, 0.15) is 17.3 Å². The standard InChI is InChI=1S/C18H13NO2/c1-20-16-8-6-15(7-9-16)18-11-10-17(21-18)14-4-2-13(12-19)3-5-14/h2-11H,1H3. The van der Waals surface area contributed by atoms with Gasteiger partial charge in [0.25, 0.3) is 0 Å². The van der Waals surface area contributed by atoms with Crippen LogP contribution in [-0.2, 0) is 0 Å². The first-order valence-electron chi connectivity index (χ1n) is 6.55. The number of nitriles is 1. The third-order valence-electron chi connectivity index (χ3n) is 3.28. The molecule has 0 atom stereocenters. The first-order valence-corrected chi connectivity index (χ1v) is 6.55. The minimum atomic E-state index is 0.640. The molecule has 0 unspecified atom stereocenters. The fourth-order valence-electron chi connectivity index (χ4n) is 2.11. The summed E-state index contributed by atoms with van der Waals surface area (Å²) in [4.78, 5) is 0. The lowest BCUT2D eigenvalue weighted by molar-refractivity contribution is 0.415. The zero-order valence-electron chi connectivity index (χ0n) is 11.5. The summed E-state index contributed by atoms with van der Waals surface area (Å²) < 4.78 is 11.0. The van der Waals surface area contributed by atoms with Crippen LogP contribution in [0.1, 0.15) is 5.56 Å². The van der Waals surface area contributed by atoms with Crippen molar-refractivity contribution in [1.82, 2.24) is 0 Å². The Labute approximate surface area is 123 Å². The van der Waals surface area contributed by atoms with Crippen LogP contribution in [0.3, 0.4) is 0 Å². The lowest BCUT2D eigenvalue weighted by Gasteiger charge is -2.01. The number of hydrogen-bond acceptors (Lipinski definition) is 3. The molecule has 2 aromatic carbocycles. The third kappa shape index (κ3) is 2.65. The largest absolute Gasteiger partial charge is 0.497 e. The van der Waals surface area contributed by atoms with Crippen molar-refractivity contribution in [1.29, 1.82) is 5.26 Å². The number of ether oxygens (including phenoxy) is 1. The van der Waals surface area contributed by atoms with Gasteiger partial charge in [-0.3, -0.25) is 0 Å². The summed E-state index contributed by atoms with van der Waals surface area (Å²) in [6.07, 6.45) is 0. The van der Waals surface area contributed by atoms with Crippen molar-refractivity contribution in [3.8, 4) is 34.5 Å².